The lowest BCUT2D eigenvalue weighted by Gasteiger charge is -2.13. The molecule has 2 nitrogen and oxygen atoms in total. The Bertz CT molecular complexity index is 368. The average molecular weight is 191 g/mol. The highest BCUT2D eigenvalue weighted by molar-refractivity contribution is 5.42. The van der Waals surface area contributed by atoms with E-state index >= 15 is 0 Å². The van der Waals surface area contributed by atoms with Crippen LogP contribution in [-0.4, -0.2) is 6.04 Å². The summed E-state index contributed by atoms with van der Waals surface area (Å²) in [5.41, 5.74) is 6.72. The van der Waals surface area contributed by atoms with Gasteiger partial charge in [0.1, 0.15) is 5.42 Å². The summed E-state index contributed by atoms with van der Waals surface area (Å²) in [4.78, 5) is 0. The lowest BCUT2D eigenvalue weighted by atomic mass is 9.98. The number of hydrogen-bond acceptors (Lipinski definition) is 2. The summed E-state index contributed by atoms with van der Waals surface area (Å²) in [5.74, 6) is 0.417. The molecular formula is C12H17NO. The third-order valence-corrected chi connectivity index (χ3v) is 2.12. The largest absolute Gasteiger partial charge is 0.465 e. The van der Waals surface area contributed by atoms with E-state index in [9.17, 15) is 0 Å². The summed E-state index contributed by atoms with van der Waals surface area (Å²) in [6.45, 7) is 7.36. The summed E-state index contributed by atoms with van der Waals surface area (Å²) in [5, 5.41) is 1.17. The number of fused-ring (bicyclic) bond motifs is 1. The molecule has 2 unspecified atom stereocenters. The maximum atomic E-state index is 5.81. The van der Waals surface area contributed by atoms with E-state index in [1.807, 2.05) is 19.1 Å². The quantitative estimate of drug-likeness (QED) is 0.622. The minimum Gasteiger partial charge on any atom is -0.465 e. The molecule has 1 aliphatic rings. The summed E-state index contributed by atoms with van der Waals surface area (Å²) in [6.07, 6.45) is 7.56. The van der Waals surface area contributed by atoms with Gasteiger partial charge in [0.05, 0.1) is 6.26 Å². The third kappa shape index (κ3) is 2.36. The second kappa shape index (κ2) is 4.82. The van der Waals surface area contributed by atoms with Gasteiger partial charge in [0.2, 0.25) is 0 Å². The lowest BCUT2D eigenvalue weighted by molar-refractivity contribution is 0.520. The van der Waals surface area contributed by atoms with Crippen LogP contribution < -0.4 is 16.4 Å². The SMILES string of the molecule is C=CC.CC1C=c2ccoc2=CC1N. The lowest BCUT2D eigenvalue weighted by Crippen LogP contribution is -2.36. The zero-order valence-electron chi connectivity index (χ0n) is 8.73. The van der Waals surface area contributed by atoms with Crippen molar-refractivity contribution in [3.8, 4) is 0 Å². The first-order valence-electron chi connectivity index (χ1n) is 4.79. The number of rotatable bonds is 0. The van der Waals surface area contributed by atoms with Crippen LogP contribution in [0.25, 0.3) is 12.2 Å². The van der Waals surface area contributed by atoms with Crippen molar-refractivity contribution in [2.45, 2.75) is 19.9 Å². The molecule has 2 N–H and O–H groups in total. The summed E-state index contributed by atoms with van der Waals surface area (Å²) in [6, 6.07) is 2.07. The van der Waals surface area contributed by atoms with Gasteiger partial charge >= 0.3 is 0 Å². The van der Waals surface area contributed by atoms with Crippen molar-refractivity contribution in [2.75, 3.05) is 0 Å². The predicted molar refractivity (Wildman–Crippen MR) is 59.9 cm³/mol. The van der Waals surface area contributed by atoms with E-state index in [1.54, 1.807) is 12.3 Å². The Morgan fingerprint density at radius 2 is 2.14 bits per heavy atom. The monoisotopic (exact) mass is 191 g/mol. The molecule has 14 heavy (non-hydrogen) atoms. The van der Waals surface area contributed by atoms with Crippen LogP contribution in [0.3, 0.4) is 0 Å². The number of hydrogen-bond donors (Lipinski definition) is 1. The van der Waals surface area contributed by atoms with E-state index in [2.05, 4.69) is 19.6 Å². The Kier molecular flexibility index (Phi) is 3.72. The van der Waals surface area contributed by atoms with Gasteiger partial charge < -0.3 is 10.2 Å². The first-order chi connectivity index (χ1) is 6.69. The van der Waals surface area contributed by atoms with Crippen molar-refractivity contribution >= 4 is 12.2 Å². The van der Waals surface area contributed by atoms with Crippen molar-refractivity contribution in [3.63, 3.8) is 0 Å². The molecule has 0 saturated heterocycles. The first kappa shape index (κ1) is 10.8. The zero-order valence-corrected chi connectivity index (χ0v) is 8.73. The fourth-order valence-electron chi connectivity index (χ4n) is 1.32. The molecule has 0 radical (unpaired) electrons. The fraction of sp³-hybridized carbons (Fsp3) is 0.333. The molecular weight excluding hydrogens is 174 g/mol. The smallest absolute Gasteiger partial charge is 0.131 e. The molecule has 76 valence electrons. The highest BCUT2D eigenvalue weighted by Crippen LogP contribution is 2.05. The van der Waals surface area contributed by atoms with Crippen LogP contribution >= 0.6 is 0 Å². The van der Waals surface area contributed by atoms with E-state index < -0.39 is 0 Å². The molecule has 2 atom stereocenters. The molecule has 0 spiro atoms. The minimum atomic E-state index is 0.105. The molecule has 0 fully saturated rings. The molecule has 0 aliphatic heterocycles. The van der Waals surface area contributed by atoms with Crippen molar-refractivity contribution in [3.05, 3.63) is 35.6 Å². The third-order valence-electron chi connectivity index (χ3n) is 2.12. The standard InChI is InChI=1S/C9H11NO.C3H6/c1-6-4-7-2-3-11-9(7)5-8(6)10;1-3-2/h2-6,8H,10H2,1H3;3H,1H2,2H3. The zero-order chi connectivity index (χ0) is 10.6. The molecule has 0 amide bonds. The topological polar surface area (TPSA) is 39.2 Å². The van der Waals surface area contributed by atoms with Crippen LogP contribution in [0.2, 0.25) is 0 Å². The van der Waals surface area contributed by atoms with Gasteiger partial charge in [-0.1, -0.05) is 19.1 Å². The predicted octanol–water partition coefficient (Wildman–Crippen LogP) is 1.01. The Hall–Kier alpha value is -1.28. The highest BCUT2D eigenvalue weighted by atomic mass is 16.3. The van der Waals surface area contributed by atoms with Crippen LogP contribution in [-0.2, 0) is 0 Å². The van der Waals surface area contributed by atoms with E-state index in [1.165, 1.54) is 5.22 Å². The van der Waals surface area contributed by atoms with Gasteiger partial charge in [-0.15, -0.1) is 6.58 Å². The summed E-state index contributed by atoms with van der Waals surface area (Å²) < 4.78 is 5.21. The molecule has 1 aliphatic carbocycles. The summed E-state index contributed by atoms with van der Waals surface area (Å²) >= 11 is 0. The van der Waals surface area contributed by atoms with Gasteiger partial charge in [-0.05, 0) is 25.0 Å². The van der Waals surface area contributed by atoms with E-state index in [0.717, 1.165) is 5.42 Å². The average Bonchev–Trinajstić information content (AvgIpc) is 2.54. The van der Waals surface area contributed by atoms with Gasteiger partial charge in [0, 0.05) is 11.3 Å². The number of furan rings is 1. The van der Waals surface area contributed by atoms with E-state index in [-0.39, 0.29) is 6.04 Å². The van der Waals surface area contributed by atoms with E-state index in [4.69, 9.17) is 10.2 Å². The van der Waals surface area contributed by atoms with Gasteiger partial charge in [-0.2, -0.15) is 0 Å². The van der Waals surface area contributed by atoms with Crippen LogP contribution in [0.5, 0.6) is 0 Å². The molecule has 0 aromatic carbocycles. The van der Waals surface area contributed by atoms with E-state index in [0.29, 0.717) is 5.92 Å². The first-order valence-corrected chi connectivity index (χ1v) is 4.79. The Labute approximate surface area is 84.4 Å². The van der Waals surface area contributed by atoms with Crippen molar-refractivity contribution in [1.82, 2.24) is 0 Å². The molecule has 1 aromatic rings. The maximum absolute atomic E-state index is 5.81. The molecule has 2 rings (SSSR count). The highest BCUT2D eigenvalue weighted by Gasteiger charge is 2.11. The second-order valence-electron chi connectivity index (χ2n) is 3.42. The maximum Gasteiger partial charge on any atom is 0.131 e. The van der Waals surface area contributed by atoms with Crippen molar-refractivity contribution in [2.24, 2.45) is 11.7 Å². The molecule has 0 bridgehead atoms. The summed E-state index contributed by atoms with van der Waals surface area (Å²) in [7, 11) is 0. The Balaban J connectivity index is 0.000000293. The normalized spacial score (nSPS) is 23.4. The molecule has 0 saturated carbocycles. The van der Waals surface area contributed by atoms with Crippen LogP contribution in [0.4, 0.5) is 0 Å². The van der Waals surface area contributed by atoms with Gasteiger partial charge in [-0.25, -0.2) is 0 Å². The van der Waals surface area contributed by atoms with Crippen LogP contribution in [0, 0.1) is 5.92 Å². The van der Waals surface area contributed by atoms with Gasteiger partial charge in [-0.3, -0.25) is 0 Å². The molecule has 1 aromatic heterocycles. The minimum absolute atomic E-state index is 0.105. The van der Waals surface area contributed by atoms with Crippen molar-refractivity contribution < 1.29 is 4.42 Å². The molecule has 2 heteroatoms. The second-order valence-corrected chi connectivity index (χ2v) is 3.42. The molecule has 1 heterocycles. The van der Waals surface area contributed by atoms with Gasteiger partial charge in [0.15, 0.2) is 0 Å². The fourth-order valence-corrected chi connectivity index (χ4v) is 1.32. The van der Waals surface area contributed by atoms with Crippen molar-refractivity contribution in [1.29, 1.82) is 0 Å². The van der Waals surface area contributed by atoms with Crippen LogP contribution in [0.15, 0.2) is 29.4 Å². The number of nitrogens with two attached hydrogens (primary N) is 1. The Morgan fingerprint density at radius 3 is 2.79 bits per heavy atom. The number of allylic oxidation sites excluding steroid dienone is 1. The Morgan fingerprint density at radius 1 is 1.50 bits per heavy atom. The van der Waals surface area contributed by atoms with Gasteiger partial charge in [0.25, 0.3) is 0 Å². The van der Waals surface area contributed by atoms with Crippen LogP contribution in [0.1, 0.15) is 13.8 Å².